The van der Waals surface area contributed by atoms with Gasteiger partial charge in [0.1, 0.15) is 6.54 Å². The number of rotatable bonds is 12. The van der Waals surface area contributed by atoms with Gasteiger partial charge in [0.15, 0.2) is 11.5 Å². The van der Waals surface area contributed by atoms with Crippen molar-refractivity contribution in [2.24, 2.45) is 17.8 Å². The molecule has 9 heteroatoms. The zero-order valence-corrected chi connectivity index (χ0v) is 26.8. The Hall–Kier alpha value is -2.78. The minimum absolute atomic E-state index is 0.0185. The van der Waals surface area contributed by atoms with Gasteiger partial charge >= 0.3 is 6.03 Å². The lowest BCUT2D eigenvalue weighted by molar-refractivity contribution is -0.132. The summed E-state index contributed by atoms with van der Waals surface area (Å²) >= 11 is 1.71. The molecule has 1 unspecified atom stereocenters. The number of amides is 3. The molecule has 234 valence electrons. The number of hydrogen-bond acceptors (Lipinski definition) is 6. The van der Waals surface area contributed by atoms with Crippen molar-refractivity contribution in [2.75, 3.05) is 40.5 Å². The van der Waals surface area contributed by atoms with E-state index in [9.17, 15) is 9.59 Å². The van der Waals surface area contributed by atoms with Gasteiger partial charge in [-0.25, -0.2) is 4.79 Å². The average molecular weight is 610 g/mol. The first kappa shape index (κ1) is 30.3. The Labute approximate surface area is 260 Å². The maximum atomic E-state index is 14.1. The summed E-state index contributed by atoms with van der Waals surface area (Å²) in [5.74, 6) is 3.53. The highest BCUT2D eigenvalue weighted by molar-refractivity contribution is 7.11. The third-order valence-electron chi connectivity index (χ3n) is 10.1. The van der Waals surface area contributed by atoms with Crippen molar-refractivity contribution in [2.45, 2.75) is 82.9 Å². The van der Waals surface area contributed by atoms with E-state index < -0.39 is 0 Å². The van der Waals surface area contributed by atoms with E-state index in [2.05, 4.69) is 24.4 Å². The average Bonchev–Trinajstić information content (AvgIpc) is 3.65. The first-order valence-electron chi connectivity index (χ1n) is 16.0. The molecule has 4 bridgehead atoms. The van der Waals surface area contributed by atoms with Gasteiger partial charge in [0, 0.05) is 35.0 Å². The Bertz CT molecular complexity index is 1250. The Balaban J connectivity index is 1.17. The summed E-state index contributed by atoms with van der Waals surface area (Å²) in [5.41, 5.74) is 0.958. The molecule has 4 aliphatic carbocycles. The molecule has 1 aliphatic heterocycles. The third-order valence-corrected chi connectivity index (χ3v) is 11.1. The van der Waals surface area contributed by atoms with E-state index in [0.29, 0.717) is 37.6 Å². The summed E-state index contributed by atoms with van der Waals surface area (Å²) in [5, 5.41) is 3.51. The van der Waals surface area contributed by atoms with E-state index in [1.165, 1.54) is 24.1 Å². The van der Waals surface area contributed by atoms with Gasteiger partial charge in [0.2, 0.25) is 5.91 Å². The van der Waals surface area contributed by atoms with Crippen LogP contribution in [0.5, 0.6) is 11.5 Å². The topological polar surface area (TPSA) is 80.3 Å². The van der Waals surface area contributed by atoms with Crippen molar-refractivity contribution in [3.8, 4) is 11.5 Å². The molecule has 0 spiro atoms. The monoisotopic (exact) mass is 609 g/mol. The van der Waals surface area contributed by atoms with Crippen LogP contribution in [-0.4, -0.2) is 73.8 Å². The zero-order chi connectivity index (χ0) is 30.0. The molecule has 1 aromatic heterocycles. The molecule has 3 amide bonds. The molecular formula is C34H47N3O5S. The molecule has 43 heavy (non-hydrogen) atoms. The fourth-order valence-electron chi connectivity index (χ4n) is 8.44. The predicted molar refractivity (Wildman–Crippen MR) is 168 cm³/mol. The molecule has 8 nitrogen and oxygen atoms in total. The standard InChI is InChI=1S/C34H47N3O5S/c1-23-6-8-29(43-23)21-36(11-10-24-7-9-30(40-2)31(16-24)41-3)32(38)22-37(20-28-5-4-12-42-28)33(39)35-34-17-25-13-26(18-34)15-27(14-25)19-34/h6-9,16,25-28H,4-5,10-15,17-22H2,1-3H3,(H,35,39). The Morgan fingerprint density at radius 2 is 1.72 bits per heavy atom. The molecule has 2 heterocycles. The quantitative estimate of drug-likeness (QED) is 0.329. The first-order valence-corrected chi connectivity index (χ1v) is 16.9. The highest BCUT2D eigenvalue weighted by Gasteiger charge is 2.52. The molecule has 1 saturated heterocycles. The number of nitrogens with zero attached hydrogens (tertiary/aromatic N) is 2. The minimum Gasteiger partial charge on any atom is -0.493 e. The van der Waals surface area contributed by atoms with E-state index in [-0.39, 0.29) is 30.1 Å². The fraction of sp³-hybridized carbons (Fsp3) is 0.647. The summed E-state index contributed by atoms with van der Waals surface area (Å²) in [6, 6.07) is 9.99. The number of methoxy groups -OCH3 is 2. The summed E-state index contributed by atoms with van der Waals surface area (Å²) in [6.07, 6.45) is 9.80. The van der Waals surface area contributed by atoms with E-state index in [4.69, 9.17) is 14.2 Å². The SMILES string of the molecule is COc1ccc(CCN(Cc2ccc(C)s2)C(=O)CN(CC2CCCO2)C(=O)NC23CC4CC(CC(C4)C2)C3)cc1OC. The molecule has 7 rings (SSSR count). The highest BCUT2D eigenvalue weighted by Crippen LogP contribution is 2.55. The Morgan fingerprint density at radius 3 is 2.33 bits per heavy atom. The summed E-state index contributed by atoms with van der Waals surface area (Å²) in [7, 11) is 3.26. The Morgan fingerprint density at radius 1 is 1.00 bits per heavy atom. The number of carbonyl (C=O) groups excluding carboxylic acids is 2. The van der Waals surface area contributed by atoms with Gasteiger partial charge < -0.3 is 29.3 Å². The van der Waals surface area contributed by atoms with Gasteiger partial charge in [-0.3, -0.25) is 4.79 Å². The number of nitrogens with one attached hydrogen (secondary N) is 1. The van der Waals surface area contributed by atoms with Crippen LogP contribution in [0.1, 0.15) is 66.7 Å². The number of hydrogen-bond donors (Lipinski definition) is 1. The van der Waals surface area contributed by atoms with Crippen LogP contribution in [-0.2, 0) is 22.5 Å². The number of thiophene rings is 1. The Kier molecular flexibility index (Phi) is 9.19. The summed E-state index contributed by atoms with van der Waals surface area (Å²) in [4.78, 5) is 34.1. The third kappa shape index (κ3) is 7.14. The van der Waals surface area contributed by atoms with Crippen molar-refractivity contribution < 1.29 is 23.8 Å². The number of benzene rings is 1. The van der Waals surface area contributed by atoms with E-state index in [1.54, 1.807) is 30.5 Å². The molecule has 2 aromatic rings. The van der Waals surface area contributed by atoms with Crippen LogP contribution in [0, 0.1) is 24.7 Å². The van der Waals surface area contributed by atoms with Gasteiger partial charge in [0.25, 0.3) is 0 Å². The van der Waals surface area contributed by atoms with Crippen molar-refractivity contribution in [1.82, 2.24) is 15.1 Å². The summed E-state index contributed by atoms with van der Waals surface area (Å²) < 4.78 is 16.9. The molecular weight excluding hydrogens is 562 g/mol. The van der Waals surface area contributed by atoms with Crippen LogP contribution in [0.15, 0.2) is 30.3 Å². The lowest BCUT2D eigenvalue weighted by atomic mass is 9.53. The number of carbonyl (C=O) groups is 2. The smallest absolute Gasteiger partial charge is 0.318 e. The van der Waals surface area contributed by atoms with Crippen molar-refractivity contribution >= 4 is 23.3 Å². The van der Waals surface area contributed by atoms with E-state index >= 15 is 0 Å². The lowest BCUT2D eigenvalue weighted by Gasteiger charge is -2.57. The molecule has 0 radical (unpaired) electrons. The second-order valence-corrected chi connectivity index (χ2v) is 14.8. The second kappa shape index (κ2) is 13.1. The minimum atomic E-state index is -0.106. The maximum Gasteiger partial charge on any atom is 0.318 e. The molecule has 4 saturated carbocycles. The van der Waals surface area contributed by atoms with Crippen LogP contribution >= 0.6 is 11.3 Å². The van der Waals surface area contributed by atoms with Gasteiger partial charge in [-0.1, -0.05) is 6.07 Å². The molecule has 5 aliphatic rings. The zero-order valence-electron chi connectivity index (χ0n) is 25.9. The van der Waals surface area contributed by atoms with Crippen LogP contribution in [0.25, 0.3) is 0 Å². The molecule has 1 N–H and O–H groups in total. The van der Waals surface area contributed by atoms with Gasteiger partial charge in [-0.2, -0.15) is 0 Å². The van der Waals surface area contributed by atoms with Crippen molar-refractivity contribution in [3.63, 3.8) is 0 Å². The lowest BCUT2D eigenvalue weighted by Crippen LogP contribution is -2.62. The normalized spacial score (nSPS) is 27.2. The second-order valence-electron chi connectivity index (χ2n) is 13.4. The number of aryl methyl sites for hydroxylation is 1. The van der Waals surface area contributed by atoms with Gasteiger partial charge in [0.05, 0.1) is 26.9 Å². The van der Waals surface area contributed by atoms with Crippen LogP contribution in [0.4, 0.5) is 4.79 Å². The highest BCUT2D eigenvalue weighted by atomic mass is 32.1. The maximum absolute atomic E-state index is 14.1. The van der Waals surface area contributed by atoms with Gasteiger partial charge in [-0.15, -0.1) is 11.3 Å². The number of urea groups is 1. The van der Waals surface area contributed by atoms with Gasteiger partial charge in [-0.05, 0) is 112 Å². The molecule has 1 aromatic carbocycles. The van der Waals surface area contributed by atoms with E-state index in [1.807, 2.05) is 23.1 Å². The molecule has 5 fully saturated rings. The van der Waals surface area contributed by atoms with Crippen LogP contribution in [0.3, 0.4) is 0 Å². The summed E-state index contributed by atoms with van der Waals surface area (Å²) in [6.45, 7) is 4.37. The largest absolute Gasteiger partial charge is 0.493 e. The van der Waals surface area contributed by atoms with Crippen LogP contribution in [0.2, 0.25) is 0 Å². The molecule has 1 atom stereocenters. The number of ether oxygens (including phenoxy) is 3. The fourth-order valence-corrected chi connectivity index (χ4v) is 9.34. The van der Waals surface area contributed by atoms with Crippen molar-refractivity contribution in [3.05, 3.63) is 45.6 Å². The van der Waals surface area contributed by atoms with E-state index in [0.717, 1.165) is 66.9 Å². The first-order chi connectivity index (χ1) is 20.8. The predicted octanol–water partition coefficient (Wildman–Crippen LogP) is 5.80. The van der Waals surface area contributed by atoms with Crippen LogP contribution < -0.4 is 14.8 Å². The van der Waals surface area contributed by atoms with Crippen molar-refractivity contribution in [1.29, 1.82) is 0 Å².